The molecule has 0 aliphatic heterocycles. The van der Waals surface area contributed by atoms with Gasteiger partial charge in [-0.15, -0.1) is 6.58 Å². The summed E-state index contributed by atoms with van der Waals surface area (Å²) in [4.78, 5) is 1.02. The summed E-state index contributed by atoms with van der Waals surface area (Å²) in [7, 11) is 1.78. The van der Waals surface area contributed by atoms with Gasteiger partial charge in [0.2, 0.25) is 0 Å². The van der Waals surface area contributed by atoms with Gasteiger partial charge in [-0.2, -0.15) is 0 Å². The van der Waals surface area contributed by atoms with Gasteiger partial charge in [0, 0.05) is 6.61 Å². The van der Waals surface area contributed by atoms with E-state index in [2.05, 4.69) is 62.9 Å². The molecule has 0 spiro atoms. The SMILES string of the molecule is C=CCc1ccccc1CCCC(c1ccc(CC)cc1OC)C(CCC(OCC)c1ccc(F)cc1)CC(C)=S. The molecule has 0 saturated carbocycles. The van der Waals surface area contributed by atoms with Crippen molar-refractivity contribution < 1.29 is 13.9 Å². The predicted octanol–water partition coefficient (Wildman–Crippen LogP) is 10.2. The number of hydrogen-bond acceptors (Lipinski definition) is 3. The molecule has 3 atom stereocenters. The molecular weight excluding hydrogens is 527 g/mol. The average molecular weight is 575 g/mol. The van der Waals surface area contributed by atoms with Gasteiger partial charge in [-0.1, -0.05) is 73.7 Å². The highest BCUT2D eigenvalue weighted by atomic mass is 32.1. The van der Waals surface area contributed by atoms with E-state index in [1.807, 2.05) is 25.1 Å². The zero-order valence-electron chi connectivity index (χ0n) is 25.3. The topological polar surface area (TPSA) is 18.5 Å². The van der Waals surface area contributed by atoms with Crippen LogP contribution in [-0.2, 0) is 24.0 Å². The molecule has 3 aromatic rings. The van der Waals surface area contributed by atoms with Gasteiger partial charge in [-0.3, -0.25) is 0 Å². The Labute approximate surface area is 253 Å². The molecule has 0 radical (unpaired) electrons. The summed E-state index contributed by atoms with van der Waals surface area (Å²) in [5.74, 6) is 1.36. The van der Waals surface area contributed by atoms with Crippen molar-refractivity contribution >= 4 is 17.1 Å². The van der Waals surface area contributed by atoms with Crippen molar-refractivity contribution in [2.24, 2.45) is 5.92 Å². The van der Waals surface area contributed by atoms with E-state index in [0.717, 1.165) is 67.5 Å². The first-order chi connectivity index (χ1) is 19.9. The minimum atomic E-state index is -0.226. The van der Waals surface area contributed by atoms with Gasteiger partial charge < -0.3 is 9.47 Å². The normalized spacial score (nSPS) is 13.4. The van der Waals surface area contributed by atoms with E-state index in [0.29, 0.717) is 12.5 Å². The molecule has 4 heteroatoms. The van der Waals surface area contributed by atoms with Gasteiger partial charge >= 0.3 is 0 Å². The molecule has 41 heavy (non-hydrogen) atoms. The maximum absolute atomic E-state index is 13.6. The van der Waals surface area contributed by atoms with Crippen LogP contribution < -0.4 is 4.74 Å². The van der Waals surface area contributed by atoms with Crippen LogP contribution in [0, 0.1) is 11.7 Å². The van der Waals surface area contributed by atoms with Crippen molar-refractivity contribution in [3.8, 4) is 5.75 Å². The van der Waals surface area contributed by atoms with Crippen LogP contribution in [0.5, 0.6) is 5.75 Å². The van der Waals surface area contributed by atoms with Gasteiger partial charge in [0.15, 0.2) is 0 Å². The summed E-state index contributed by atoms with van der Waals surface area (Å²) < 4.78 is 25.8. The van der Waals surface area contributed by atoms with Crippen molar-refractivity contribution in [3.05, 3.63) is 113 Å². The van der Waals surface area contributed by atoms with Gasteiger partial charge in [0.05, 0.1) is 13.2 Å². The number of benzene rings is 3. The van der Waals surface area contributed by atoms with Crippen molar-refractivity contribution in [3.63, 3.8) is 0 Å². The minimum Gasteiger partial charge on any atom is -0.496 e. The second-order valence-corrected chi connectivity index (χ2v) is 11.6. The van der Waals surface area contributed by atoms with Crippen LogP contribution in [-0.4, -0.2) is 18.6 Å². The number of rotatable bonds is 18. The molecule has 3 unspecified atom stereocenters. The Kier molecular flexibility index (Phi) is 13.7. The Hall–Kier alpha value is -2.82. The fraction of sp³-hybridized carbons (Fsp3) is 0.432. The third-order valence-electron chi connectivity index (χ3n) is 8.08. The van der Waals surface area contributed by atoms with E-state index < -0.39 is 0 Å². The van der Waals surface area contributed by atoms with E-state index in [1.165, 1.54) is 34.4 Å². The third-order valence-corrected chi connectivity index (χ3v) is 8.24. The van der Waals surface area contributed by atoms with Crippen molar-refractivity contribution in [1.82, 2.24) is 0 Å². The lowest BCUT2D eigenvalue weighted by Gasteiger charge is -2.31. The summed E-state index contributed by atoms with van der Waals surface area (Å²) in [6, 6.07) is 22.2. The molecule has 0 aromatic heterocycles. The molecule has 3 rings (SSSR count). The molecule has 2 nitrogen and oxygen atoms in total. The maximum atomic E-state index is 13.6. The van der Waals surface area contributed by atoms with Crippen molar-refractivity contribution in [1.29, 1.82) is 0 Å². The zero-order valence-corrected chi connectivity index (χ0v) is 26.2. The van der Waals surface area contributed by atoms with Crippen LogP contribution in [0.15, 0.2) is 79.4 Å². The summed E-state index contributed by atoms with van der Waals surface area (Å²) in [5, 5.41) is 0. The Morgan fingerprint density at radius 1 is 0.976 bits per heavy atom. The maximum Gasteiger partial charge on any atom is 0.123 e. The molecule has 3 aromatic carbocycles. The average Bonchev–Trinajstić information content (AvgIpc) is 2.98. The Bertz CT molecular complexity index is 1240. The number of methoxy groups -OCH3 is 1. The third kappa shape index (κ3) is 9.90. The molecule has 0 bridgehead atoms. The number of ether oxygens (including phenoxy) is 2. The fourth-order valence-corrected chi connectivity index (χ4v) is 6.21. The number of hydrogen-bond donors (Lipinski definition) is 0. The first-order valence-corrected chi connectivity index (χ1v) is 15.5. The van der Waals surface area contributed by atoms with E-state index >= 15 is 0 Å². The van der Waals surface area contributed by atoms with E-state index in [4.69, 9.17) is 21.7 Å². The number of aryl methyl sites for hydroxylation is 2. The first-order valence-electron chi connectivity index (χ1n) is 15.1. The van der Waals surface area contributed by atoms with Crippen molar-refractivity contribution in [2.45, 2.75) is 84.2 Å². The van der Waals surface area contributed by atoms with E-state index in [-0.39, 0.29) is 17.8 Å². The van der Waals surface area contributed by atoms with Crippen LogP contribution in [0.4, 0.5) is 4.39 Å². The lowest BCUT2D eigenvalue weighted by atomic mass is 9.76. The number of thiocarbonyl (C=S) groups is 1. The van der Waals surface area contributed by atoms with Gasteiger partial charge in [0.25, 0.3) is 0 Å². The van der Waals surface area contributed by atoms with E-state index in [9.17, 15) is 4.39 Å². The summed E-state index contributed by atoms with van der Waals surface area (Å²) in [6.45, 7) is 10.8. The number of allylic oxidation sites excluding steroid dienone is 1. The number of halogens is 1. The summed E-state index contributed by atoms with van der Waals surface area (Å²) in [5.41, 5.74) is 6.31. The Morgan fingerprint density at radius 2 is 1.71 bits per heavy atom. The minimum absolute atomic E-state index is 0.0793. The van der Waals surface area contributed by atoms with Gasteiger partial charge in [-0.25, -0.2) is 4.39 Å². The quantitative estimate of drug-likeness (QED) is 0.111. The highest BCUT2D eigenvalue weighted by Crippen LogP contribution is 2.42. The molecule has 0 aliphatic carbocycles. The first kappa shape index (κ1) is 32.7. The van der Waals surface area contributed by atoms with Crippen LogP contribution in [0.3, 0.4) is 0 Å². The van der Waals surface area contributed by atoms with Crippen molar-refractivity contribution in [2.75, 3.05) is 13.7 Å². The standard InChI is InChI=1S/C37H47FO2S/c1-6-12-29-13-9-10-14-30(29)15-11-16-34(35-23-17-28(7-2)26-37(35)39-5)32(25-27(4)41)20-24-36(40-8-3)31-18-21-33(38)22-19-31/h6,9-10,13-14,17-19,21-23,26,32,34,36H,1,7-8,11-12,15-16,20,24-25H2,2-5H3. The molecule has 0 aliphatic rings. The Balaban J connectivity index is 1.91. The molecule has 0 amide bonds. The lowest BCUT2D eigenvalue weighted by molar-refractivity contribution is 0.0502. The Morgan fingerprint density at radius 3 is 2.34 bits per heavy atom. The summed E-state index contributed by atoms with van der Waals surface area (Å²) in [6.07, 6.45) is 9.56. The smallest absolute Gasteiger partial charge is 0.123 e. The van der Waals surface area contributed by atoms with Gasteiger partial charge in [-0.05, 0) is 128 Å². The highest BCUT2D eigenvalue weighted by molar-refractivity contribution is 7.80. The lowest BCUT2D eigenvalue weighted by Crippen LogP contribution is -2.19. The molecule has 220 valence electrons. The molecule has 0 heterocycles. The predicted molar refractivity (Wildman–Crippen MR) is 175 cm³/mol. The molecular formula is C37H47FO2S. The zero-order chi connectivity index (χ0) is 29.6. The van der Waals surface area contributed by atoms with Crippen LogP contribution in [0.1, 0.15) is 92.7 Å². The second-order valence-electron chi connectivity index (χ2n) is 10.9. The second kappa shape index (κ2) is 17.2. The van der Waals surface area contributed by atoms with Crippen LogP contribution in [0.25, 0.3) is 0 Å². The van der Waals surface area contributed by atoms with Crippen LogP contribution >= 0.6 is 12.2 Å². The molecule has 0 fully saturated rings. The van der Waals surface area contributed by atoms with Gasteiger partial charge in [0.1, 0.15) is 11.6 Å². The van der Waals surface area contributed by atoms with E-state index in [1.54, 1.807) is 7.11 Å². The fourth-order valence-electron chi connectivity index (χ4n) is 6.00. The highest BCUT2D eigenvalue weighted by Gasteiger charge is 2.28. The van der Waals surface area contributed by atoms with Crippen LogP contribution in [0.2, 0.25) is 0 Å². The molecule has 0 N–H and O–H groups in total. The summed E-state index contributed by atoms with van der Waals surface area (Å²) >= 11 is 5.70. The monoisotopic (exact) mass is 574 g/mol. The molecule has 0 saturated heterocycles. The largest absolute Gasteiger partial charge is 0.496 e.